The minimum Gasteiger partial charge on any atom is -0.490 e. The molecule has 20 heavy (non-hydrogen) atoms. The van der Waals surface area contributed by atoms with Crippen LogP contribution in [0.15, 0.2) is 16.6 Å². The molecule has 1 N–H and O–H groups in total. The molecule has 0 heterocycles. The number of rotatable bonds is 8. The number of hydrogen-bond donors (Lipinski definition) is 1. The molecule has 5 nitrogen and oxygen atoms in total. The number of hydrogen-bond acceptors (Lipinski definition) is 5. The zero-order valence-corrected chi connectivity index (χ0v) is 14.0. The van der Waals surface area contributed by atoms with Gasteiger partial charge in [-0.15, -0.1) is 0 Å². The fourth-order valence-corrected chi connectivity index (χ4v) is 2.76. The predicted octanol–water partition coefficient (Wildman–Crippen LogP) is 2.15. The van der Waals surface area contributed by atoms with E-state index in [9.17, 15) is 8.42 Å². The first-order valence-electron chi connectivity index (χ1n) is 6.32. The van der Waals surface area contributed by atoms with Crippen LogP contribution < -0.4 is 9.47 Å². The minimum atomic E-state index is -3.06. The zero-order valence-electron chi connectivity index (χ0n) is 11.6. The fourth-order valence-electron chi connectivity index (χ4n) is 1.53. The minimum absolute atomic E-state index is 0.0384. The van der Waals surface area contributed by atoms with E-state index in [-0.39, 0.29) is 24.7 Å². The maximum Gasteiger partial charge on any atom is 0.175 e. The van der Waals surface area contributed by atoms with Crippen molar-refractivity contribution in [3.8, 4) is 11.5 Å². The maximum atomic E-state index is 11.4. The maximum absolute atomic E-state index is 11.4. The summed E-state index contributed by atoms with van der Waals surface area (Å²) in [4.78, 5) is 0. The van der Waals surface area contributed by atoms with Crippen molar-refractivity contribution in [2.75, 3.05) is 24.7 Å². The van der Waals surface area contributed by atoms with Gasteiger partial charge in [-0.25, -0.2) is 8.42 Å². The Balaban J connectivity index is 2.87. The molecular weight excluding hydrogens is 348 g/mol. The van der Waals surface area contributed by atoms with E-state index in [1.165, 1.54) is 0 Å². The summed E-state index contributed by atoms with van der Waals surface area (Å²) in [5.41, 5.74) is 0.689. The van der Waals surface area contributed by atoms with Crippen LogP contribution in [0.5, 0.6) is 11.5 Å². The van der Waals surface area contributed by atoms with E-state index < -0.39 is 9.84 Å². The Morgan fingerprint density at radius 3 is 2.50 bits per heavy atom. The van der Waals surface area contributed by atoms with E-state index in [4.69, 9.17) is 14.6 Å². The van der Waals surface area contributed by atoms with Gasteiger partial charge in [-0.3, -0.25) is 0 Å². The molecule has 0 spiro atoms. The Bertz CT molecular complexity index is 542. The molecule has 114 valence electrons. The number of ether oxygens (including phenoxy) is 2. The average Bonchev–Trinajstić information content (AvgIpc) is 2.41. The quantitative estimate of drug-likeness (QED) is 0.762. The molecule has 1 rings (SSSR count). The second-order valence-electron chi connectivity index (χ2n) is 4.08. The third kappa shape index (κ3) is 4.96. The Morgan fingerprint density at radius 1 is 1.25 bits per heavy atom. The normalized spacial score (nSPS) is 11.4. The number of sulfone groups is 1. The van der Waals surface area contributed by atoms with Gasteiger partial charge < -0.3 is 14.6 Å². The Labute approximate surface area is 128 Å². The predicted molar refractivity (Wildman–Crippen MR) is 81.1 cm³/mol. The monoisotopic (exact) mass is 366 g/mol. The smallest absolute Gasteiger partial charge is 0.175 e. The molecule has 0 bridgehead atoms. The van der Waals surface area contributed by atoms with Crippen LogP contribution in [-0.4, -0.2) is 38.2 Å². The molecule has 1 aromatic carbocycles. The zero-order chi connectivity index (χ0) is 15.2. The van der Waals surface area contributed by atoms with Gasteiger partial charge in [0.05, 0.1) is 23.4 Å². The third-order valence-electron chi connectivity index (χ3n) is 2.63. The van der Waals surface area contributed by atoms with E-state index in [0.29, 0.717) is 28.1 Å². The molecule has 0 aliphatic rings. The number of aliphatic hydroxyl groups is 1. The lowest BCUT2D eigenvalue weighted by Gasteiger charge is -2.15. The van der Waals surface area contributed by atoms with Crippen molar-refractivity contribution in [1.29, 1.82) is 0 Å². The fraction of sp³-hybridized carbons (Fsp3) is 0.538. The highest BCUT2D eigenvalue weighted by Crippen LogP contribution is 2.37. The largest absolute Gasteiger partial charge is 0.490 e. The number of aliphatic hydroxyl groups excluding tert-OH is 1. The van der Waals surface area contributed by atoms with Gasteiger partial charge in [-0.2, -0.15) is 0 Å². The van der Waals surface area contributed by atoms with Crippen molar-refractivity contribution in [3.63, 3.8) is 0 Å². The summed E-state index contributed by atoms with van der Waals surface area (Å²) in [5, 5.41) is 9.16. The summed E-state index contributed by atoms with van der Waals surface area (Å²) < 4.78 is 34.5. The van der Waals surface area contributed by atoms with Gasteiger partial charge in [0.1, 0.15) is 6.61 Å². The first-order chi connectivity index (χ1) is 9.43. The molecular formula is C13H19BrO5S. The van der Waals surface area contributed by atoms with E-state index in [1.54, 1.807) is 19.1 Å². The highest BCUT2D eigenvalue weighted by atomic mass is 79.9. The van der Waals surface area contributed by atoms with Gasteiger partial charge in [-0.1, -0.05) is 6.92 Å². The molecule has 7 heteroatoms. The lowest BCUT2D eigenvalue weighted by molar-refractivity contribution is 0.273. The Kier molecular flexibility index (Phi) is 6.78. The van der Waals surface area contributed by atoms with Crippen LogP contribution in [0.4, 0.5) is 0 Å². The van der Waals surface area contributed by atoms with Gasteiger partial charge in [0.25, 0.3) is 0 Å². The molecule has 0 atom stereocenters. The van der Waals surface area contributed by atoms with Crippen molar-refractivity contribution in [2.45, 2.75) is 20.5 Å². The van der Waals surface area contributed by atoms with Crippen LogP contribution in [0, 0.1) is 0 Å². The Morgan fingerprint density at radius 2 is 1.95 bits per heavy atom. The van der Waals surface area contributed by atoms with E-state index >= 15 is 0 Å². The van der Waals surface area contributed by atoms with Gasteiger partial charge in [0.2, 0.25) is 0 Å². The molecule has 0 saturated heterocycles. The number of benzene rings is 1. The summed E-state index contributed by atoms with van der Waals surface area (Å²) in [5.74, 6) is 0.998. The molecule has 0 radical (unpaired) electrons. The Hall–Kier alpha value is -0.790. The lowest BCUT2D eigenvalue weighted by atomic mass is 10.2. The topological polar surface area (TPSA) is 72.8 Å². The van der Waals surface area contributed by atoms with Crippen molar-refractivity contribution < 1.29 is 23.0 Å². The lowest BCUT2D eigenvalue weighted by Crippen LogP contribution is -2.16. The van der Waals surface area contributed by atoms with Crippen LogP contribution in [0.2, 0.25) is 0 Å². The summed E-state index contributed by atoms with van der Waals surface area (Å²) in [6, 6.07) is 3.39. The molecule has 0 fully saturated rings. The molecule has 1 aromatic rings. The molecule has 0 aromatic heterocycles. The average molecular weight is 367 g/mol. The summed E-state index contributed by atoms with van der Waals surface area (Å²) in [6.07, 6.45) is 0. The summed E-state index contributed by atoms with van der Waals surface area (Å²) >= 11 is 3.34. The van der Waals surface area contributed by atoms with Gasteiger partial charge in [-0.05, 0) is 40.5 Å². The van der Waals surface area contributed by atoms with Crippen LogP contribution in [-0.2, 0) is 16.4 Å². The van der Waals surface area contributed by atoms with Crippen LogP contribution in [0.25, 0.3) is 0 Å². The standard InChI is InChI=1S/C13H19BrO5S/c1-3-18-12-8-10(9-15)7-11(14)13(12)19-5-6-20(16,17)4-2/h7-8,15H,3-6,9H2,1-2H3. The highest BCUT2D eigenvalue weighted by molar-refractivity contribution is 9.10. The van der Waals surface area contributed by atoms with Crippen molar-refractivity contribution in [3.05, 3.63) is 22.2 Å². The summed E-state index contributed by atoms with van der Waals surface area (Å²) in [7, 11) is -3.06. The number of halogens is 1. The third-order valence-corrected chi connectivity index (χ3v) is 4.89. The molecule has 0 amide bonds. The van der Waals surface area contributed by atoms with Crippen LogP contribution in [0.3, 0.4) is 0 Å². The molecule has 0 saturated carbocycles. The van der Waals surface area contributed by atoms with E-state index in [2.05, 4.69) is 15.9 Å². The second-order valence-corrected chi connectivity index (χ2v) is 7.41. The molecule has 0 unspecified atom stereocenters. The molecule has 0 aliphatic heterocycles. The van der Waals surface area contributed by atoms with Crippen molar-refractivity contribution in [1.82, 2.24) is 0 Å². The van der Waals surface area contributed by atoms with Crippen LogP contribution in [0.1, 0.15) is 19.4 Å². The molecule has 0 aliphatic carbocycles. The second kappa shape index (κ2) is 7.85. The van der Waals surface area contributed by atoms with E-state index in [0.717, 1.165) is 0 Å². The van der Waals surface area contributed by atoms with Crippen LogP contribution >= 0.6 is 15.9 Å². The first-order valence-corrected chi connectivity index (χ1v) is 8.94. The summed E-state index contributed by atoms with van der Waals surface area (Å²) in [6.45, 7) is 3.85. The first kappa shape index (κ1) is 17.3. The van der Waals surface area contributed by atoms with Crippen molar-refractivity contribution in [2.24, 2.45) is 0 Å². The highest BCUT2D eigenvalue weighted by Gasteiger charge is 2.14. The van der Waals surface area contributed by atoms with Gasteiger partial charge in [0.15, 0.2) is 21.3 Å². The van der Waals surface area contributed by atoms with Crippen molar-refractivity contribution >= 4 is 25.8 Å². The van der Waals surface area contributed by atoms with Gasteiger partial charge in [0, 0.05) is 5.75 Å². The SMILES string of the molecule is CCOc1cc(CO)cc(Br)c1OCCS(=O)(=O)CC. The van der Waals surface area contributed by atoms with Gasteiger partial charge >= 0.3 is 0 Å². The van der Waals surface area contributed by atoms with E-state index in [1.807, 2.05) is 6.92 Å².